The van der Waals surface area contributed by atoms with Crippen LogP contribution in [-0.4, -0.2) is 28.2 Å². The van der Waals surface area contributed by atoms with Gasteiger partial charge >= 0.3 is 0 Å². The molecule has 2 spiro atoms. The van der Waals surface area contributed by atoms with Crippen LogP contribution in [0.3, 0.4) is 0 Å². The summed E-state index contributed by atoms with van der Waals surface area (Å²) in [4.78, 5) is 12.9. The van der Waals surface area contributed by atoms with E-state index in [0.29, 0.717) is 34.9 Å². The molecular weight excluding hydrogens is 408 g/mol. The summed E-state index contributed by atoms with van der Waals surface area (Å²) in [5.41, 5.74) is 1.80. The Labute approximate surface area is 201 Å². The number of ketones is 1. The molecule has 5 aliphatic carbocycles. The second-order valence-electron chi connectivity index (χ2n) is 14.5. The number of carbonyl (C=O) groups excluding carboxylic acids is 1. The Morgan fingerprint density at radius 3 is 2.42 bits per heavy atom. The van der Waals surface area contributed by atoms with Crippen LogP contribution in [0.5, 0.6) is 0 Å². The number of hydrogen-bond donors (Lipinski definition) is 2. The van der Waals surface area contributed by atoms with E-state index in [1.54, 1.807) is 0 Å². The van der Waals surface area contributed by atoms with E-state index < -0.39 is 0 Å². The molecule has 5 aliphatic rings. The number of carbonyl (C=O) groups is 1. The lowest BCUT2D eigenvalue weighted by atomic mass is 9.41. The maximum absolute atomic E-state index is 12.9. The zero-order valence-electron chi connectivity index (χ0n) is 22.2. The number of fused-ring (bicyclic) bond motifs is 2. The summed E-state index contributed by atoms with van der Waals surface area (Å²) in [6.45, 7) is 15.9. The summed E-state index contributed by atoms with van der Waals surface area (Å²) in [6.07, 6.45) is 10.9. The van der Waals surface area contributed by atoms with Crippen molar-refractivity contribution in [3.05, 3.63) is 11.6 Å². The fraction of sp³-hybridized carbons (Fsp3) is 0.900. The number of aliphatic hydroxyl groups is 2. The van der Waals surface area contributed by atoms with Crippen molar-refractivity contribution in [3.63, 3.8) is 0 Å². The summed E-state index contributed by atoms with van der Waals surface area (Å²) >= 11 is 0. The van der Waals surface area contributed by atoms with Gasteiger partial charge in [0.2, 0.25) is 0 Å². The molecule has 10 atom stereocenters. The number of aliphatic hydroxyl groups excluding tert-OH is 2. The van der Waals surface area contributed by atoms with Crippen LogP contribution >= 0.6 is 0 Å². The van der Waals surface area contributed by atoms with Crippen molar-refractivity contribution in [2.24, 2.45) is 50.7 Å². The molecule has 3 heteroatoms. The molecule has 0 aromatic heterocycles. The van der Waals surface area contributed by atoms with E-state index in [2.05, 4.69) is 48.5 Å². The molecule has 3 nitrogen and oxygen atoms in total. The summed E-state index contributed by atoms with van der Waals surface area (Å²) in [5, 5.41) is 22.4. The molecule has 1 unspecified atom stereocenters. The van der Waals surface area contributed by atoms with E-state index in [4.69, 9.17) is 0 Å². The first kappa shape index (κ1) is 24.0. The summed E-state index contributed by atoms with van der Waals surface area (Å²) in [5.74, 6) is 2.21. The molecule has 5 saturated carbocycles. The first-order chi connectivity index (χ1) is 15.3. The van der Waals surface area contributed by atoms with E-state index in [-0.39, 0.29) is 33.9 Å². The van der Waals surface area contributed by atoms with Crippen LogP contribution in [-0.2, 0) is 4.79 Å². The second-order valence-corrected chi connectivity index (χ2v) is 14.5. The summed E-state index contributed by atoms with van der Waals surface area (Å²) < 4.78 is 0. The molecular formula is C30H48O3. The molecule has 0 amide bonds. The summed E-state index contributed by atoms with van der Waals surface area (Å²) in [7, 11) is 0. The maximum atomic E-state index is 12.9. The van der Waals surface area contributed by atoms with Gasteiger partial charge in [-0.25, -0.2) is 0 Å². The standard InChI is InChI=1S/C30H48O3/c1-18(2)14-20(31)15-19(3)21-8-10-28(7)25-22(32)16-23-26(4,5)24(33)9-11-29(23)17-30(25,29)13-12-27(21,28)6/h14,19-23,25,31-32H,8-13,15-17H2,1-7H3/t19-,20?,21-,22+,23+,25+,27-,28+,29-,30+/m1/s1. The number of rotatable bonds is 4. The van der Waals surface area contributed by atoms with Crippen LogP contribution in [0.4, 0.5) is 0 Å². The Hall–Kier alpha value is -0.670. The van der Waals surface area contributed by atoms with Gasteiger partial charge < -0.3 is 10.2 Å². The molecule has 33 heavy (non-hydrogen) atoms. The van der Waals surface area contributed by atoms with E-state index in [0.717, 1.165) is 25.7 Å². The summed E-state index contributed by atoms with van der Waals surface area (Å²) in [6, 6.07) is 0. The predicted molar refractivity (Wildman–Crippen MR) is 132 cm³/mol. The molecule has 0 radical (unpaired) electrons. The van der Waals surface area contributed by atoms with Crippen LogP contribution in [0, 0.1) is 50.7 Å². The SMILES string of the molecule is CC(C)=CC(O)C[C@@H](C)[C@H]1CC[C@@]2(C)[C@@H]3[C@@H](O)C[C@H]4C(C)(C)C(=O)CC[C@@]45C[C@@]35CC[C@]12C. The number of Topliss-reactive ketones (excluding diaryl/α,β-unsaturated/α-hetero) is 1. The molecule has 2 N–H and O–H groups in total. The highest BCUT2D eigenvalue weighted by molar-refractivity contribution is 5.86. The second kappa shape index (κ2) is 7.19. The minimum atomic E-state index is -0.356. The first-order valence-corrected chi connectivity index (χ1v) is 13.8. The van der Waals surface area contributed by atoms with E-state index in [1.165, 1.54) is 37.7 Å². The van der Waals surface area contributed by atoms with Crippen LogP contribution in [0.1, 0.15) is 106 Å². The van der Waals surface area contributed by atoms with Gasteiger partial charge in [0.05, 0.1) is 12.2 Å². The molecule has 0 heterocycles. The van der Waals surface area contributed by atoms with E-state index in [1.807, 2.05) is 6.08 Å². The lowest BCUT2D eigenvalue weighted by molar-refractivity contribution is -0.189. The molecule has 186 valence electrons. The quantitative estimate of drug-likeness (QED) is 0.487. The maximum Gasteiger partial charge on any atom is 0.138 e. The van der Waals surface area contributed by atoms with Gasteiger partial charge in [0.25, 0.3) is 0 Å². The zero-order valence-corrected chi connectivity index (χ0v) is 22.2. The van der Waals surface area contributed by atoms with Gasteiger partial charge in [-0.3, -0.25) is 4.79 Å². The van der Waals surface area contributed by atoms with Crippen molar-refractivity contribution < 1.29 is 15.0 Å². The lowest BCUT2D eigenvalue weighted by Crippen LogP contribution is -2.61. The van der Waals surface area contributed by atoms with Crippen molar-refractivity contribution in [1.29, 1.82) is 0 Å². The fourth-order valence-electron chi connectivity index (χ4n) is 11.1. The van der Waals surface area contributed by atoms with Gasteiger partial charge in [0, 0.05) is 11.8 Å². The van der Waals surface area contributed by atoms with Crippen molar-refractivity contribution in [2.75, 3.05) is 0 Å². The highest BCUT2D eigenvalue weighted by Crippen LogP contribution is 2.88. The Morgan fingerprint density at radius 1 is 1.06 bits per heavy atom. The molecule has 0 aliphatic heterocycles. The Morgan fingerprint density at radius 2 is 1.76 bits per heavy atom. The lowest BCUT2D eigenvalue weighted by Gasteiger charge is -2.64. The molecule has 5 fully saturated rings. The highest BCUT2D eigenvalue weighted by Gasteiger charge is 2.83. The normalized spacial score (nSPS) is 51.5. The average molecular weight is 457 g/mol. The van der Waals surface area contributed by atoms with Gasteiger partial charge in [-0.2, -0.15) is 0 Å². The molecule has 0 saturated heterocycles. The van der Waals surface area contributed by atoms with E-state index >= 15 is 0 Å². The van der Waals surface area contributed by atoms with Crippen LogP contribution < -0.4 is 0 Å². The molecule has 0 aromatic rings. The largest absolute Gasteiger partial charge is 0.393 e. The smallest absolute Gasteiger partial charge is 0.138 e. The minimum Gasteiger partial charge on any atom is -0.393 e. The van der Waals surface area contributed by atoms with Crippen molar-refractivity contribution in [1.82, 2.24) is 0 Å². The Bertz CT molecular complexity index is 870. The molecule has 0 bridgehead atoms. The van der Waals surface area contributed by atoms with Crippen molar-refractivity contribution in [2.45, 2.75) is 118 Å². The minimum absolute atomic E-state index is 0.144. The fourth-order valence-corrected chi connectivity index (χ4v) is 11.1. The topological polar surface area (TPSA) is 57.5 Å². The third kappa shape index (κ3) is 2.90. The van der Waals surface area contributed by atoms with Crippen molar-refractivity contribution >= 4 is 5.78 Å². The van der Waals surface area contributed by atoms with Gasteiger partial charge in [0.1, 0.15) is 5.78 Å². The Kier molecular flexibility index (Phi) is 5.24. The van der Waals surface area contributed by atoms with Crippen LogP contribution in [0.15, 0.2) is 11.6 Å². The third-order valence-electron chi connectivity index (χ3n) is 12.7. The molecule has 0 aromatic carbocycles. The van der Waals surface area contributed by atoms with Crippen molar-refractivity contribution in [3.8, 4) is 0 Å². The number of allylic oxidation sites excluding steroid dienone is 1. The van der Waals surface area contributed by atoms with Gasteiger partial charge in [-0.1, -0.05) is 46.3 Å². The average Bonchev–Trinajstić information content (AvgIpc) is 3.26. The number of hydrogen-bond acceptors (Lipinski definition) is 3. The first-order valence-electron chi connectivity index (χ1n) is 13.8. The third-order valence-corrected chi connectivity index (χ3v) is 12.7. The highest BCUT2D eigenvalue weighted by atomic mass is 16.3. The van der Waals surface area contributed by atoms with Gasteiger partial charge in [-0.05, 0) is 111 Å². The predicted octanol–water partition coefficient (Wildman–Crippen LogP) is 6.32. The zero-order chi connectivity index (χ0) is 24.2. The van der Waals surface area contributed by atoms with Crippen LogP contribution in [0.2, 0.25) is 0 Å². The molecule has 5 rings (SSSR count). The Balaban J connectivity index is 1.45. The van der Waals surface area contributed by atoms with Crippen LogP contribution in [0.25, 0.3) is 0 Å². The van der Waals surface area contributed by atoms with Gasteiger partial charge in [-0.15, -0.1) is 0 Å². The van der Waals surface area contributed by atoms with Gasteiger partial charge in [0.15, 0.2) is 0 Å². The monoisotopic (exact) mass is 456 g/mol. The van der Waals surface area contributed by atoms with E-state index in [9.17, 15) is 15.0 Å².